The second-order valence-corrected chi connectivity index (χ2v) is 6.71. The number of ketones is 1. The Hall–Kier alpha value is -4.07. The number of para-hydroxylation sites is 1. The van der Waals surface area contributed by atoms with Crippen molar-refractivity contribution in [2.24, 2.45) is 0 Å². The Balaban J connectivity index is 1.76. The van der Waals surface area contributed by atoms with Crippen molar-refractivity contribution in [3.63, 3.8) is 0 Å². The molecular formula is C21H15N3O5. The molecule has 3 heterocycles. The largest absolute Gasteiger partial charge is 0.454 e. The van der Waals surface area contributed by atoms with E-state index >= 15 is 0 Å². The average Bonchev–Trinajstić information content (AvgIpc) is 3.34. The van der Waals surface area contributed by atoms with Crippen LogP contribution < -0.4 is 30.5 Å². The minimum atomic E-state index is -0.482. The molecule has 144 valence electrons. The van der Waals surface area contributed by atoms with Crippen molar-refractivity contribution in [2.45, 2.75) is 0 Å². The van der Waals surface area contributed by atoms with Gasteiger partial charge in [-0.1, -0.05) is 18.2 Å². The molecular weight excluding hydrogens is 374 g/mol. The minimum Gasteiger partial charge on any atom is -0.454 e. The van der Waals surface area contributed by atoms with Gasteiger partial charge < -0.3 is 14.4 Å². The smallest absolute Gasteiger partial charge is 0.271 e. The summed E-state index contributed by atoms with van der Waals surface area (Å²) in [7, 11) is 1.60. The van der Waals surface area contributed by atoms with Gasteiger partial charge in [0.1, 0.15) is 5.57 Å². The topological polar surface area (TPSA) is 104 Å². The fourth-order valence-corrected chi connectivity index (χ4v) is 3.56. The molecule has 0 saturated carbocycles. The van der Waals surface area contributed by atoms with Gasteiger partial charge in [0.25, 0.3) is 11.5 Å². The van der Waals surface area contributed by atoms with Gasteiger partial charge in [-0.05, 0) is 35.9 Å². The van der Waals surface area contributed by atoms with E-state index in [1.54, 1.807) is 55.6 Å². The third-order valence-electron chi connectivity index (χ3n) is 5.03. The van der Waals surface area contributed by atoms with Gasteiger partial charge in [-0.3, -0.25) is 24.6 Å². The number of amides is 1. The van der Waals surface area contributed by atoms with Crippen LogP contribution in [0.1, 0.15) is 15.9 Å². The molecule has 5 rings (SSSR count). The van der Waals surface area contributed by atoms with Crippen molar-refractivity contribution in [3.8, 4) is 11.5 Å². The van der Waals surface area contributed by atoms with E-state index in [9.17, 15) is 14.4 Å². The first kappa shape index (κ1) is 17.1. The summed E-state index contributed by atoms with van der Waals surface area (Å²) in [5.74, 6) is 0.276. The van der Waals surface area contributed by atoms with Gasteiger partial charge in [-0.25, -0.2) is 0 Å². The number of aromatic amines is 2. The van der Waals surface area contributed by atoms with Gasteiger partial charge in [0.2, 0.25) is 12.6 Å². The van der Waals surface area contributed by atoms with E-state index in [1.807, 2.05) is 0 Å². The van der Waals surface area contributed by atoms with E-state index in [1.165, 1.54) is 4.90 Å². The average molecular weight is 389 g/mol. The summed E-state index contributed by atoms with van der Waals surface area (Å²) in [5, 5.41) is 5.52. The van der Waals surface area contributed by atoms with E-state index in [0.29, 0.717) is 28.3 Å². The van der Waals surface area contributed by atoms with Crippen molar-refractivity contribution >= 4 is 29.0 Å². The Morgan fingerprint density at radius 3 is 2.66 bits per heavy atom. The zero-order valence-electron chi connectivity index (χ0n) is 15.3. The molecule has 3 aromatic rings. The Labute approximate surface area is 163 Å². The van der Waals surface area contributed by atoms with Gasteiger partial charge in [0.05, 0.1) is 16.3 Å². The van der Waals surface area contributed by atoms with Crippen molar-refractivity contribution in [3.05, 3.63) is 74.5 Å². The maximum Gasteiger partial charge on any atom is 0.271 e. The highest BCUT2D eigenvalue weighted by molar-refractivity contribution is 6.51. The number of anilines is 1. The molecule has 0 unspecified atom stereocenters. The van der Waals surface area contributed by atoms with Crippen LogP contribution in [0, 0.1) is 0 Å². The zero-order valence-corrected chi connectivity index (χ0v) is 15.3. The summed E-state index contributed by atoms with van der Waals surface area (Å²) in [6.45, 7) is 0.140. The molecule has 0 fully saturated rings. The van der Waals surface area contributed by atoms with Gasteiger partial charge >= 0.3 is 0 Å². The summed E-state index contributed by atoms with van der Waals surface area (Å²) in [6.07, 6.45) is 1.60. The van der Waals surface area contributed by atoms with Crippen molar-refractivity contribution in [1.29, 1.82) is 0 Å². The van der Waals surface area contributed by atoms with Crippen LogP contribution in [0.2, 0.25) is 0 Å². The number of Topliss-reactive ketones (excluding diaryl/α,β-unsaturated/α-hetero) is 1. The second-order valence-electron chi connectivity index (χ2n) is 6.71. The normalized spacial score (nSPS) is 17.7. The van der Waals surface area contributed by atoms with Gasteiger partial charge in [0.15, 0.2) is 11.5 Å². The highest BCUT2D eigenvalue weighted by Gasteiger charge is 2.33. The first-order valence-electron chi connectivity index (χ1n) is 8.89. The quantitative estimate of drug-likeness (QED) is 0.622. The van der Waals surface area contributed by atoms with Crippen LogP contribution in [-0.4, -0.2) is 35.7 Å². The Kier molecular flexibility index (Phi) is 3.67. The lowest BCUT2D eigenvalue weighted by Crippen LogP contribution is -2.44. The maximum atomic E-state index is 13.1. The van der Waals surface area contributed by atoms with Crippen LogP contribution in [0.4, 0.5) is 5.69 Å². The molecule has 2 aromatic carbocycles. The van der Waals surface area contributed by atoms with Crippen LogP contribution >= 0.6 is 0 Å². The second kappa shape index (κ2) is 6.23. The SMILES string of the molecule is CN1C(=O)/C(=c2\[nH][nH]c(=O)\c2=C/c2ccc3c(c2)OCO3)C(=O)c2ccccc21. The number of nitrogens with zero attached hydrogens (tertiary/aromatic N) is 1. The molecule has 0 spiro atoms. The fourth-order valence-electron chi connectivity index (χ4n) is 3.56. The predicted molar refractivity (Wildman–Crippen MR) is 104 cm³/mol. The number of nitrogens with one attached hydrogen (secondary N) is 2. The Morgan fingerprint density at radius 1 is 1.00 bits per heavy atom. The Bertz CT molecular complexity index is 1370. The van der Waals surface area contributed by atoms with Crippen molar-refractivity contribution < 1.29 is 19.1 Å². The standard InChI is InChI=1S/C21H15N3O5/c1-24-14-5-3-2-4-12(14)19(25)17(21(24)27)18-13(20(26)23-22-18)8-11-6-7-15-16(9-11)29-10-28-15/h2-9,22H,10H2,1H3,(H,23,26)/b13-8-,18-17-. The molecule has 0 aliphatic carbocycles. The van der Waals surface area contributed by atoms with Crippen LogP contribution in [0.5, 0.6) is 11.5 Å². The number of carbonyl (C=O) groups is 2. The number of aromatic nitrogens is 2. The lowest BCUT2D eigenvalue weighted by Gasteiger charge is -2.25. The summed E-state index contributed by atoms with van der Waals surface area (Å²) < 4.78 is 10.7. The van der Waals surface area contributed by atoms with Gasteiger partial charge in [-0.2, -0.15) is 0 Å². The van der Waals surface area contributed by atoms with E-state index in [-0.39, 0.29) is 22.9 Å². The zero-order chi connectivity index (χ0) is 20.1. The number of hydrogen-bond donors (Lipinski definition) is 2. The molecule has 1 amide bonds. The van der Waals surface area contributed by atoms with Crippen molar-refractivity contribution in [1.82, 2.24) is 10.2 Å². The first-order chi connectivity index (χ1) is 14.0. The number of H-pyrrole nitrogens is 2. The third kappa shape index (κ3) is 2.57. The van der Waals surface area contributed by atoms with Crippen LogP contribution in [-0.2, 0) is 4.79 Å². The third-order valence-corrected chi connectivity index (χ3v) is 5.03. The summed E-state index contributed by atoms with van der Waals surface area (Å²) in [6, 6.07) is 12.1. The molecule has 2 aliphatic heterocycles. The van der Waals surface area contributed by atoms with Crippen LogP contribution in [0.3, 0.4) is 0 Å². The van der Waals surface area contributed by atoms with E-state index < -0.39 is 17.2 Å². The van der Waals surface area contributed by atoms with Crippen LogP contribution in [0.25, 0.3) is 11.6 Å². The Morgan fingerprint density at radius 2 is 1.79 bits per heavy atom. The molecule has 1 aromatic heterocycles. The fraction of sp³-hybridized carbons (Fsp3) is 0.0952. The lowest BCUT2D eigenvalue weighted by molar-refractivity contribution is -0.113. The molecule has 8 heteroatoms. The van der Waals surface area contributed by atoms with E-state index in [0.717, 1.165) is 0 Å². The first-order valence-corrected chi connectivity index (χ1v) is 8.89. The number of benzene rings is 2. The van der Waals surface area contributed by atoms with Crippen molar-refractivity contribution in [2.75, 3.05) is 18.7 Å². The molecule has 29 heavy (non-hydrogen) atoms. The van der Waals surface area contributed by atoms with Crippen LogP contribution in [0.15, 0.2) is 47.3 Å². The van der Waals surface area contributed by atoms with Gasteiger partial charge in [0, 0.05) is 12.6 Å². The van der Waals surface area contributed by atoms with E-state index in [2.05, 4.69) is 10.2 Å². The molecule has 0 radical (unpaired) electrons. The minimum absolute atomic E-state index is 0.0865. The lowest BCUT2D eigenvalue weighted by atomic mass is 9.95. The maximum absolute atomic E-state index is 13.1. The summed E-state index contributed by atoms with van der Waals surface area (Å²) >= 11 is 0. The highest BCUT2D eigenvalue weighted by atomic mass is 16.7. The summed E-state index contributed by atoms with van der Waals surface area (Å²) in [5.41, 5.74) is 1.08. The number of rotatable bonds is 1. The number of hydrogen-bond acceptors (Lipinski definition) is 5. The molecule has 2 aliphatic rings. The number of ether oxygens (including phenoxy) is 2. The predicted octanol–water partition coefficient (Wildman–Crippen LogP) is 0.270. The monoisotopic (exact) mass is 389 g/mol. The van der Waals surface area contributed by atoms with E-state index in [4.69, 9.17) is 9.47 Å². The highest BCUT2D eigenvalue weighted by Crippen LogP contribution is 2.32. The number of carbonyl (C=O) groups excluding carboxylic acids is 2. The molecule has 0 saturated heterocycles. The molecule has 0 bridgehead atoms. The van der Waals surface area contributed by atoms with Gasteiger partial charge in [-0.15, -0.1) is 0 Å². The molecule has 0 atom stereocenters. The summed E-state index contributed by atoms with van der Waals surface area (Å²) in [4.78, 5) is 39.9. The molecule has 8 nitrogen and oxygen atoms in total. The molecule has 2 N–H and O–H groups in total. The number of fused-ring (bicyclic) bond motifs is 2.